The zero-order chi connectivity index (χ0) is 22.2. The van der Waals surface area contributed by atoms with E-state index in [1.807, 2.05) is 48.6 Å². The fourth-order valence-corrected chi connectivity index (χ4v) is 3.51. The molecule has 1 aromatic heterocycles. The summed E-state index contributed by atoms with van der Waals surface area (Å²) in [6.07, 6.45) is 0. The molecule has 162 valence electrons. The van der Waals surface area contributed by atoms with Crippen LogP contribution in [0.4, 0.5) is 5.69 Å². The molecule has 0 unspecified atom stereocenters. The summed E-state index contributed by atoms with van der Waals surface area (Å²) in [6.45, 7) is 1.76. The van der Waals surface area contributed by atoms with Crippen LogP contribution in [0.3, 0.4) is 0 Å². The van der Waals surface area contributed by atoms with E-state index in [9.17, 15) is 9.59 Å². The maximum absolute atomic E-state index is 12.6. The van der Waals surface area contributed by atoms with Crippen molar-refractivity contribution in [2.75, 3.05) is 32.6 Å². The second-order valence-electron chi connectivity index (χ2n) is 7.11. The topological polar surface area (TPSA) is 70.7 Å². The van der Waals surface area contributed by atoms with E-state index in [0.29, 0.717) is 34.3 Å². The largest absolute Gasteiger partial charge is 0.492 e. The van der Waals surface area contributed by atoms with Crippen LogP contribution < -0.4 is 15.4 Å². The fraction of sp³-hybridized carbons (Fsp3) is 0.217. The van der Waals surface area contributed by atoms with Gasteiger partial charge in [-0.3, -0.25) is 9.59 Å². The Balaban J connectivity index is 1.60. The number of carbonyl (C=O) groups is 2. The lowest BCUT2D eigenvalue weighted by molar-refractivity contribution is 0.0949. The Kier molecular flexibility index (Phi) is 8.06. The number of hydrogen-bond acceptors (Lipinski definition) is 5. The van der Waals surface area contributed by atoms with Crippen molar-refractivity contribution in [2.45, 2.75) is 6.54 Å². The van der Waals surface area contributed by atoms with Crippen molar-refractivity contribution in [1.82, 2.24) is 10.2 Å². The first-order valence-corrected chi connectivity index (χ1v) is 11.0. The molecular formula is C23H24ClN3O3S. The Morgan fingerprint density at radius 3 is 2.65 bits per heavy atom. The highest BCUT2D eigenvalue weighted by Gasteiger charge is 2.13. The third-order valence-corrected chi connectivity index (χ3v) is 5.58. The molecule has 8 heteroatoms. The second-order valence-corrected chi connectivity index (χ2v) is 8.46. The van der Waals surface area contributed by atoms with E-state index in [0.717, 1.165) is 17.9 Å². The van der Waals surface area contributed by atoms with E-state index in [4.69, 9.17) is 16.3 Å². The first-order valence-electron chi connectivity index (χ1n) is 9.71. The lowest BCUT2D eigenvalue weighted by Crippen LogP contribution is -2.23. The van der Waals surface area contributed by atoms with Gasteiger partial charge in [0.15, 0.2) is 0 Å². The van der Waals surface area contributed by atoms with Crippen molar-refractivity contribution in [2.24, 2.45) is 0 Å². The minimum atomic E-state index is -0.263. The van der Waals surface area contributed by atoms with Crippen LogP contribution in [-0.4, -0.2) is 44.0 Å². The van der Waals surface area contributed by atoms with Gasteiger partial charge in [-0.05, 0) is 61.4 Å². The monoisotopic (exact) mass is 457 g/mol. The van der Waals surface area contributed by atoms with Crippen LogP contribution in [0.5, 0.6) is 5.75 Å². The van der Waals surface area contributed by atoms with Gasteiger partial charge in [0.1, 0.15) is 12.4 Å². The number of anilines is 1. The number of carbonyl (C=O) groups excluding carboxylic acids is 2. The van der Waals surface area contributed by atoms with E-state index in [1.54, 1.807) is 30.3 Å². The zero-order valence-electron chi connectivity index (χ0n) is 17.4. The average Bonchev–Trinajstić information content (AvgIpc) is 3.29. The van der Waals surface area contributed by atoms with Gasteiger partial charge in [0, 0.05) is 18.7 Å². The molecule has 31 heavy (non-hydrogen) atoms. The van der Waals surface area contributed by atoms with Crippen LogP contribution in [0, 0.1) is 0 Å². The van der Waals surface area contributed by atoms with Crippen molar-refractivity contribution in [3.63, 3.8) is 0 Å². The van der Waals surface area contributed by atoms with Crippen molar-refractivity contribution < 1.29 is 14.3 Å². The highest BCUT2D eigenvalue weighted by atomic mass is 35.5. The molecule has 2 aromatic carbocycles. The summed E-state index contributed by atoms with van der Waals surface area (Å²) in [5.74, 6) is 0.237. The number of nitrogens with one attached hydrogen (secondary N) is 2. The molecule has 0 spiro atoms. The van der Waals surface area contributed by atoms with E-state index in [1.165, 1.54) is 11.3 Å². The zero-order valence-corrected chi connectivity index (χ0v) is 18.9. The fourth-order valence-electron chi connectivity index (χ4n) is 2.73. The van der Waals surface area contributed by atoms with Gasteiger partial charge in [-0.15, -0.1) is 11.3 Å². The van der Waals surface area contributed by atoms with Gasteiger partial charge in [0.2, 0.25) is 0 Å². The standard InChI is InChI=1S/C23H24ClN3O3S/c1-27(2)10-11-30-18-6-3-5-16(13-18)15-25-22(28)17-8-9-19(24)20(14-17)26-23(29)21-7-4-12-31-21/h3-9,12-14H,10-11,15H2,1-2H3,(H,25,28)(H,26,29). The van der Waals surface area contributed by atoms with Crippen molar-refractivity contribution in [1.29, 1.82) is 0 Å². The van der Waals surface area contributed by atoms with Crippen LogP contribution in [-0.2, 0) is 6.54 Å². The molecule has 3 rings (SSSR count). The van der Waals surface area contributed by atoms with E-state index >= 15 is 0 Å². The second kappa shape index (κ2) is 10.9. The molecular weight excluding hydrogens is 434 g/mol. The van der Waals surface area contributed by atoms with Gasteiger partial charge < -0.3 is 20.3 Å². The molecule has 0 aliphatic rings. The van der Waals surface area contributed by atoms with Gasteiger partial charge >= 0.3 is 0 Å². The maximum Gasteiger partial charge on any atom is 0.265 e. The molecule has 0 aliphatic carbocycles. The molecule has 0 atom stereocenters. The Morgan fingerprint density at radius 2 is 1.90 bits per heavy atom. The van der Waals surface area contributed by atoms with E-state index < -0.39 is 0 Å². The van der Waals surface area contributed by atoms with Crippen LogP contribution in [0.25, 0.3) is 0 Å². The van der Waals surface area contributed by atoms with Crippen molar-refractivity contribution in [3.05, 3.63) is 81.0 Å². The predicted molar refractivity (Wildman–Crippen MR) is 125 cm³/mol. The average molecular weight is 458 g/mol. The number of hydrogen-bond donors (Lipinski definition) is 2. The SMILES string of the molecule is CN(C)CCOc1cccc(CNC(=O)c2ccc(Cl)c(NC(=O)c3cccs3)c2)c1. The van der Waals surface area contributed by atoms with Crippen LogP contribution >= 0.6 is 22.9 Å². The molecule has 3 aromatic rings. The smallest absolute Gasteiger partial charge is 0.265 e. The Bertz CT molecular complexity index is 1040. The van der Waals surface area contributed by atoms with Gasteiger partial charge in [0.25, 0.3) is 11.8 Å². The summed E-state index contributed by atoms with van der Waals surface area (Å²) in [5.41, 5.74) is 1.73. The molecule has 0 saturated heterocycles. The predicted octanol–water partition coefficient (Wildman–Crippen LogP) is 4.52. The first-order chi connectivity index (χ1) is 14.9. The normalized spacial score (nSPS) is 10.7. The third kappa shape index (κ3) is 6.82. The number of halogens is 1. The minimum absolute atomic E-state index is 0.262. The highest BCUT2D eigenvalue weighted by molar-refractivity contribution is 7.12. The van der Waals surface area contributed by atoms with Gasteiger partial charge in [0.05, 0.1) is 15.6 Å². The minimum Gasteiger partial charge on any atom is -0.492 e. The first kappa shape index (κ1) is 22.8. The van der Waals surface area contributed by atoms with Crippen LogP contribution in [0.1, 0.15) is 25.6 Å². The van der Waals surface area contributed by atoms with Gasteiger partial charge in [-0.2, -0.15) is 0 Å². The molecule has 0 bridgehead atoms. The van der Waals surface area contributed by atoms with Crippen LogP contribution in [0.15, 0.2) is 60.0 Å². The molecule has 6 nitrogen and oxygen atoms in total. The van der Waals surface area contributed by atoms with Gasteiger partial charge in [-0.25, -0.2) is 0 Å². The number of likely N-dealkylation sites (N-methyl/N-ethyl adjacent to an activating group) is 1. The van der Waals surface area contributed by atoms with Crippen LogP contribution in [0.2, 0.25) is 5.02 Å². The van der Waals surface area contributed by atoms with Gasteiger partial charge in [-0.1, -0.05) is 29.8 Å². The van der Waals surface area contributed by atoms with E-state index in [-0.39, 0.29) is 11.8 Å². The molecule has 0 fully saturated rings. The summed E-state index contributed by atoms with van der Waals surface area (Å²) in [7, 11) is 3.98. The maximum atomic E-state index is 12.6. The highest BCUT2D eigenvalue weighted by Crippen LogP contribution is 2.24. The Hall–Kier alpha value is -2.87. The summed E-state index contributed by atoms with van der Waals surface area (Å²) in [5, 5.41) is 7.83. The Morgan fingerprint density at radius 1 is 1.06 bits per heavy atom. The lowest BCUT2D eigenvalue weighted by atomic mass is 10.1. The third-order valence-electron chi connectivity index (χ3n) is 4.38. The molecule has 2 N–H and O–H groups in total. The number of ether oxygens (including phenoxy) is 1. The number of rotatable bonds is 9. The number of thiophene rings is 1. The molecule has 0 saturated carbocycles. The van der Waals surface area contributed by atoms with Crippen molar-refractivity contribution >= 4 is 40.4 Å². The lowest BCUT2D eigenvalue weighted by Gasteiger charge is -2.12. The summed E-state index contributed by atoms with van der Waals surface area (Å²) in [4.78, 5) is 27.5. The summed E-state index contributed by atoms with van der Waals surface area (Å²) >= 11 is 7.53. The quantitative estimate of drug-likeness (QED) is 0.495. The Labute approximate surface area is 190 Å². The molecule has 1 heterocycles. The van der Waals surface area contributed by atoms with Crippen molar-refractivity contribution in [3.8, 4) is 5.75 Å². The molecule has 0 aliphatic heterocycles. The number of benzene rings is 2. The molecule has 2 amide bonds. The summed E-state index contributed by atoms with van der Waals surface area (Å²) in [6, 6.07) is 15.9. The van der Waals surface area contributed by atoms with E-state index in [2.05, 4.69) is 10.6 Å². The number of amides is 2. The number of nitrogens with zero attached hydrogens (tertiary/aromatic N) is 1. The molecule has 0 radical (unpaired) electrons. The summed E-state index contributed by atoms with van der Waals surface area (Å²) < 4.78 is 5.74.